The zero-order valence-electron chi connectivity index (χ0n) is 25.4. The summed E-state index contributed by atoms with van der Waals surface area (Å²) in [6.45, 7) is 8.02. The minimum Gasteiger partial charge on any atom is -0.465 e. The Bertz CT molecular complexity index is 1480. The molecule has 0 radical (unpaired) electrons. The molecule has 0 aromatic heterocycles. The van der Waals surface area contributed by atoms with Crippen LogP contribution in [0.3, 0.4) is 0 Å². The van der Waals surface area contributed by atoms with E-state index >= 15 is 0 Å². The highest BCUT2D eigenvalue weighted by molar-refractivity contribution is 5.89. The first-order chi connectivity index (χ1) is 21.9. The van der Waals surface area contributed by atoms with Crippen molar-refractivity contribution >= 4 is 17.8 Å². The number of nitrogens with one attached hydrogen (secondary N) is 1. The molecule has 5 rings (SSSR count). The van der Waals surface area contributed by atoms with E-state index < -0.39 is 6.09 Å². The molecule has 232 valence electrons. The monoisotopic (exact) mass is 604 g/mol. The van der Waals surface area contributed by atoms with E-state index in [1.807, 2.05) is 95.9 Å². The van der Waals surface area contributed by atoms with Gasteiger partial charge in [-0.1, -0.05) is 85.4 Å². The fourth-order valence-corrected chi connectivity index (χ4v) is 5.60. The van der Waals surface area contributed by atoms with E-state index in [1.165, 1.54) is 16.0 Å². The number of hydrogen-bond donors (Lipinski definition) is 2. The molecule has 2 N–H and O–H groups in total. The highest BCUT2D eigenvalue weighted by atomic mass is 16.5. The van der Waals surface area contributed by atoms with Gasteiger partial charge in [0.15, 0.2) is 0 Å². The van der Waals surface area contributed by atoms with Crippen LogP contribution in [-0.2, 0) is 0 Å². The van der Waals surface area contributed by atoms with Gasteiger partial charge in [0.05, 0.1) is 0 Å². The van der Waals surface area contributed by atoms with Gasteiger partial charge in [-0.25, -0.2) is 9.59 Å². The third-order valence-corrected chi connectivity index (χ3v) is 7.97. The molecule has 3 amide bonds. The number of carbonyl (C=O) groups excluding carboxylic acids is 1. The number of benzene rings is 4. The number of piperazine rings is 1. The molecule has 45 heavy (non-hydrogen) atoms. The van der Waals surface area contributed by atoms with Crippen LogP contribution in [0.5, 0.6) is 11.5 Å². The van der Waals surface area contributed by atoms with Gasteiger partial charge in [0, 0.05) is 57.4 Å². The largest absolute Gasteiger partial charge is 0.465 e. The highest BCUT2D eigenvalue weighted by Gasteiger charge is 2.23. The van der Waals surface area contributed by atoms with E-state index in [0.717, 1.165) is 17.7 Å². The molecule has 8 heteroatoms. The Balaban J connectivity index is 1.28. The maximum Gasteiger partial charge on any atom is 0.407 e. The van der Waals surface area contributed by atoms with Crippen molar-refractivity contribution in [3.05, 3.63) is 139 Å². The van der Waals surface area contributed by atoms with E-state index in [9.17, 15) is 14.7 Å². The molecule has 1 saturated heterocycles. The smallest absolute Gasteiger partial charge is 0.407 e. The highest BCUT2D eigenvalue weighted by Crippen LogP contribution is 2.29. The van der Waals surface area contributed by atoms with Crippen LogP contribution in [0.15, 0.2) is 127 Å². The normalized spacial score (nSPS) is 13.3. The second kappa shape index (κ2) is 15.6. The van der Waals surface area contributed by atoms with E-state index in [-0.39, 0.29) is 11.9 Å². The SMILES string of the molecule is C=C(CN1CCN(C(=O)O)CC1)CN(CCC(c1ccccc1)c1ccccc1)C(=O)Nc1ccc(Oc2ccccc2)cc1. The Morgan fingerprint density at radius 1 is 0.778 bits per heavy atom. The fourth-order valence-electron chi connectivity index (χ4n) is 5.60. The second-order valence-corrected chi connectivity index (χ2v) is 11.2. The van der Waals surface area contributed by atoms with Crippen molar-refractivity contribution in [1.29, 1.82) is 0 Å². The van der Waals surface area contributed by atoms with Gasteiger partial charge in [-0.3, -0.25) is 4.90 Å². The first-order valence-corrected chi connectivity index (χ1v) is 15.3. The zero-order valence-corrected chi connectivity index (χ0v) is 25.4. The number of urea groups is 1. The number of ether oxygens (including phenoxy) is 1. The molecule has 0 spiro atoms. The van der Waals surface area contributed by atoms with Crippen LogP contribution in [0.2, 0.25) is 0 Å². The van der Waals surface area contributed by atoms with Crippen molar-refractivity contribution in [3.8, 4) is 11.5 Å². The number of carbonyl (C=O) groups is 2. The van der Waals surface area contributed by atoms with Gasteiger partial charge in [-0.2, -0.15) is 0 Å². The molecular weight excluding hydrogens is 564 g/mol. The zero-order chi connectivity index (χ0) is 31.4. The van der Waals surface area contributed by atoms with Crippen LogP contribution in [0.4, 0.5) is 15.3 Å². The molecule has 0 atom stereocenters. The molecule has 1 aliphatic heterocycles. The molecule has 1 aliphatic rings. The maximum atomic E-state index is 13.8. The van der Waals surface area contributed by atoms with Crippen LogP contribution in [0.1, 0.15) is 23.5 Å². The summed E-state index contributed by atoms with van der Waals surface area (Å²) < 4.78 is 5.90. The molecule has 0 saturated carbocycles. The summed E-state index contributed by atoms with van der Waals surface area (Å²) in [7, 11) is 0. The van der Waals surface area contributed by atoms with Gasteiger partial charge in [-0.15, -0.1) is 0 Å². The van der Waals surface area contributed by atoms with E-state index in [4.69, 9.17) is 4.74 Å². The first-order valence-electron chi connectivity index (χ1n) is 15.3. The maximum absolute atomic E-state index is 13.8. The van der Waals surface area contributed by atoms with Crippen molar-refractivity contribution in [2.45, 2.75) is 12.3 Å². The summed E-state index contributed by atoms with van der Waals surface area (Å²) in [6.07, 6.45) is -0.155. The quantitative estimate of drug-likeness (QED) is 0.165. The van der Waals surface area contributed by atoms with Crippen LogP contribution >= 0.6 is 0 Å². The predicted octanol–water partition coefficient (Wildman–Crippen LogP) is 7.39. The Kier molecular flexibility index (Phi) is 10.9. The third kappa shape index (κ3) is 9.20. The summed E-state index contributed by atoms with van der Waals surface area (Å²) in [5, 5.41) is 12.4. The molecule has 1 fully saturated rings. The molecule has 4 aromatic rings. The summed E-state index contributed by atoms with van der Waals surface area (Å²) in [5.74, 6) is 1.55. The van der Waals surface area contributed by atoms with Crippen molar-refractivity contribution in [1.82, 2.24) is 14.7 Å². The summed E-state index contributed by atoms with van der Waals surface area (Å²) in [4.78, 5) is 30.5. The number of para-hydroxylation sites is 1. The van der Waals surface area contributed by atoms with Crippen molar-refractivity contribution in [3.63, 3.8) is 0 Å². The van der Waals surface area contributed by atoms with Gasteiger partial charge >= 0.3 is 12.1 Å². The van der Waals surface area contributed by atoms with Gasteiger partial charge in [-0.05, 0) is 59.5 Å². The van der Waals surface area contributed by atoms with Crippen LogP contribution in [-0.4, -0.2) is 77.7 Å². The van der Waals surface area contributed by atoms with Crippen LogP contribution in [0.25, 0.3) is 0 Å². The molecule has 0 unspecified atom stereocenters. The molecule has 0 bridgehead atoms. The number of hydrogen-bond acceptors (Lipinski definition) is 4. The van der Waals surface area contributed by atoms with E-state index in [1.54, 1.807) is 0 Å². The lowest BCUT2D eigenvalue weighted by molar-refractivity contribution is 0.108. The molecule has 8 nitrogen and oxygen atoms in total. The van der Waals surface area contributed by atoms with Crippen molar-refractivity contribution in [2.75, 3.05) is 51.1 Å². The minimum absolute atomic E-state index is 0.120. The molecule has 4 aromatic carbocycles. The Morgan fingerprint density at radius 3 is 1.87 bits per heavy atom. The molecular formula is C37H40N4O4. The molecule has 1 heterocycles. The number of anilines is 1. The summed E-state index contributed by atoms with van der Waals surface area (Å²) in [5.41, 5.74) is 3.97. The lowest BCUT2D eigenvalue weighted by atomic mass is 9.88. The van der Waals surface area contributed by atoms with Crippen LogP contribution < -0.4 is 10.1 Å². The Hall–Kier alpha value is -5.08. The molecule has 0 aliphatic carbocycles. The Morgan fingerprint density at radius 2 is 1.31 bits per heavy atom. The van der Waals surface area contributed by atoms with Crippen LogP contribution in [0, 0.1) is 0 Å². The average Bonchev–Trinajstić information content (AvgIpc) is 3.07. The number of nitrogens with zero attached hydrogens (tertiary/aromatic N) is 3. The fraction of sp³-hybridized carbons (Fsp3) is 0.243. The van der Waals surface area contributed by atoms with E-state index in [2.05, 4.69) is 41.1 Å². The van der Waals surface area contributed by atoms with Crippen molar-refractivity contribution < 1.29 is 19.4 Å². The van der Waals surface area contributed by atoms with Gasteiger partial charge < -0.3 is 25.0 Å². The lowest BCUT2D eigenvalue weighted by Crippen LogP contribution is -2.49. The van der Waals surface area contributed by atoms with Crippen molar-refractivity contribution in [2.24, 2.45) is 0 Å². The average molecular weight is 605 g/mol. The minimum atomic E-state index is -0.887. The third-order valence-electron chi connectivity index (χ3n) is 7.97. The Labute approximate surface area is 265 Å². The summed E-state index contributed by atoms with van der Waals surface area (Å²) in [6, 6.07) is 37.5. The van der Waals surface area contributed by atoms with Gasteiger partial charge in [0.25, 0.3) is 0 Å². The van der Waals surface area contributed by atoms with Gasteiger partial charge in [0.1, 0.15) is 11.5 Å². The number of carboxylic acid groups (broad SMARTS) is 1. The second-order valence-electron chi connectivity index (χ2n) is 11.2. The lowest BCUT2D eigenvalue weighted by Gasteiger charge is -2.34. The first kappa shape index (κ1) is 31.3. The predicted molar refractivity (Wildman–Crippen MR) is 178 cm³/mol. The summed E-state index contributed by atoms with van der Waals surface area (Å²) >= 11 is 0. The number of rotatable bonds is 12. The number of amides is 3. The standard InChI is InChI=1S/C37H40N4O4/c1-29(27-39-23-25-40(26-24-39)37(43)44)28-41(22-21-35(30-11-5-2-6-12-30)31-13-7-3-8-14-31)36(42)38-32-17-19-34(20-18-32)45-33-15-9-4-10-16-33/h2-20,35H,1,21-28H2,(H,38,42)(H,43,44). The van der Waals surface area contributed by atoms with E-state index in [0.29, 0.717) is 57.3 Å². The topological polar surface area (TPSA) is 85.4 Å². The van der Waals surface area contributed by atoms with Gasteiger partial charge in [0.2, 0.25) is 0 Å².